The molecule has 0 aliphatic carbocycles. The van der Waals surface area contributed by atoms with Gasteiger partial charge in [-0.25, -0.2) is 0 Å². The van der Waals surface area contributed by atoms with Crippen molar-refractivity contribution < 1.29 is 30.0 Å². The molecule has 0 unspecified atom stereocenters. The van der Waals surface area contributed by atoms with E-state index < -0.39 is 0 Å². The fourth-order valence-electron chi connectivity index (χ4n) is 4.69. The van der Waals surface area contributed by atoms with E-state index in [4.69, 9.17) is 15.1 Å². The summed E-state index contributed by atoms with van der Waals surface area (Å²) in [5, 5.41) is 11.7. The molecule has 0 bridgehead atoms. The summed E-state index contributed by atoms with van der Waals surface area (Å²) in [6, 6.07) is 35.5. The quantitative estimate of drug-likeness (QED) is 0.108. The smallest absolute Gasteiger partial charge is 0.155 e. The molecular weight excluding hydrogens is 717 g/mol. The van der Waals surface area contributed by atoms with Crippen molar-refractivity contribution in [2.75, 3.05) is 0 Å². The maximum Gasteiger partial charge on any atom is 0.155 e. The van der Waals surface area contributed by atoms with E-state index in [2.05, 4.69) is 98.8 Å². The normalized spacial score (nSPS) is 11.2. The molecule has 0 saturated heterocycles. The molecule has 2 aromatic heterocycles. The molecule has 1 radical (unpaired) electrons. The number of benzene rings is 4. The van der Waals surface area contributed by atoms with Crippen LogP contribution in [0.5, 0.6) is 0 Å². The van der Waals surface area contributed by atoms with Crippen molar-refractivity contribution in [1.29, 1.82) is 0 Å². The van der Waals surface area contributed by atoms with Crippen molar-refractivity contribution in [3.05, 3.63) is 121 Å². The van der Waals surface area contributed by atoms with Crippen LogP contribution in [-0.4, -0.2) is 20.9 Å². The molecular formula is C36H31IrN2O2S-. The number of carbonyl (C=O) groups excluding carboxylic acids is 1. The van der Waals surface area contributed by atoms with Gasteiger partial charge in [-0.05, 0) is 58.1 Å². The van der Waals surface area contributed by atoms with Crippen LogP contribution in [-0.2, 0) is 24.9 Å². The standard InChI is InChI=1S/C31H23N2S.C5H8O2.Ir/c1-20(2)23-13-14-26-24(17-23)15-16-32-29(26)25-18-27(21-9-5-3-6-10-21)30-28(19-25)34-31(33-30)22-11-7-4-8-12-22;1-4(6)3-5(2)7;/h3-18,20H,1-2H3;3,6H,1-2H3;/q-1;;/b;4-3-;. The number of fused-ring (bicyclic) bond motifs is 2. The molecule has 0 amide bonds. The largest absolute Gasteiger partial charge is 0.512 e. The monoisotopic (exact) mass is 748 g/mol. The minimum atomic E-state index is -0.125. The SMILES string of the molecule is CC(=O)/C=C(/C)O.CC(C)c1ccc2c(-c3[c-]c4sc(-c5ccccc5)nc4c(-c4ccccc4)c3)nccc2c1.[Ir]. The van der Waals surface area contributed by atoms with Crippen LogP contribution in [0.25, 0.3) is 53.9 Å². The second kappa shape index (κ2) is 13.8. The fourth-order valence-corrected chi connectivity index (χ4v) is 5.69. The third-order valence-electron chi connectivity index (χ3n) is 6.65. The summed E-state index contributed by atoms with van der Waals surface area (Å²) in [5.74, 6) is 0.426. The summed E-state index contributed by atoms with van der Waals surface area (Å²) >= 11 is 1.69. The zero-order chi connectivity index (χ0) is 28.9. The van der Waals surface area contributed by atoms with Gasteiger partial charge in [0.2, 0.25) is 0 Å². The summed E-state index contributed by atoms with van der Waals surface area (Å²) in [5.41, 5.74) is 7.67. The molecule has 6 heteroatoms. The Morgan fingerprint density at radius 3 is 2.17 bits per heavy atom. The van der Waals surface area contributed by atoms with Gasteiger partial charge in [0.15, 0.2) is 5.78 Å². The third-order valence-corrected chi connectivity index (χ3v) is 7.67. The summed E-state index contributed by atoms with van der Waals surface area (Å²) in [4.78, 5) is 19.9. The van der Waals surface area contributed by atoms with Crippen LogP contribution < -0.4 is 0 Å². The predicted octanol–water partition coefficient (Wildman–Crippen LogP) is 9.80. The molecule has 0 saturated carbocycles. The van der Waals surface area contributed by atoms with Gasteiger partial charge in [0.1, 0.15) is 5.01 Å². The summed E-state index contributed by atoms with van der Waals surface area (Å²) in [6.45, 7) is 7.30. The Morgan fingerprint density at radius 1 is 0.905 bits per heavy atom. The van der Waals surface area contributed by atoms with E-state index in [1.165, 1.54) is 30.9 Å². The number of hydrogen-bond acceptors (Lipinski definition) is 5. The number of aliphatic hydroxyl groups excluding tert-OH is 1. The number of hydrogen-bond donors (Lipinski definition) is 1. The van der Waals surface area contributed by atoms with E-state index >= 15 is 0 Å². The van der Waals surface area contributed by atoms with Gasteiger partial charge in [0, 0.05) is 43.5 Å². The molecule has 0 spiro atoms. The molecule has 0 aliphatic heterocycles. The minimum absolute atomic E-state index is 0. The first-order valence-electron chi connectivity index (χ1n) is 13.5. The first-order valence-corrected chi connectivity index (χ1v) is 14.4. The van der Waals surface area contributed by atoms with E-state index in [9.17, 15) is 4.79 Å². The molecule has 0 fully saturated rings. The Kier molecular flexibility index (Phi) is 10.2. The first kappa shape index (κ1) is 31.0. The molecule has 2 heterocycles. The number of aliphatic hydroxyl groups is 1. The van der Waals surface area contributed by atoms with Crippen LogP contribution in [0.15, 0.2) is 109 Å². The number of pyridine rings is 1. The number of ketones is 1. The van der Waals surface area contributed by atoms with Crippen molar-refractivity contribution >= 4 is 38.1 Å². The van der Waals surface area contributed by atoms with Crippen LogP contribution in [0, 0.1) is 6.07 Å². The number of rotatable bonds is 5. The number of aromatic nitrogens is 2. The van der Waals surface area contributed by atoms with Crippen molar-refractivity contribution in [3.63, 3.8) is 0 Å². The average molecular weight is 748 g/mol. The van der Waals surface area contributed by atoms with Gasteiger partial charge in [-0.3, -0.25) is 9.78 Å². The van der Waals surface area contributed by atoms with E-state index in [0.717, 1.165) is 48.6 Å². The van der Waals surface area contributed by atoms with E-state index in [-0.39, 0.29) is 31.6 Å². The maximum atomic E-state index is 10.0. The summed E-state index contributed by atoms with van der Waals surface area (Å²) < 4.78 is 1.05. The summed E-state index contributed by atoms with van der Waals surface area (Å²) in [6.07, 6.45) is 3.07. The molecule has 0 aliphatic rings. The maximum absolute atomic E-state index is 10.0. The zero-order valence-electron chi connectivity index (χ0n) is 23.9. The van der Waals surface area contributed by atoms with Crippen LogP contribution in [0.1, 0.15) is 39.2 Å². The van der Waals surface area contributed by atoms with Gasteiger partial charge >= 0.3 is 0 Å². The first-order chi connectivity index (χ1) is 19.8. The Bertz CT molecular complexity index is 1860. The topological polar surface area (TPSA) is 63.1 Å². The van der Waals surface area contributed by atoms with Crippen LogP contribution >= 0.6 is 11.3 Å². The fraction of sp³-hybridized carbons (Fsp3) is 0.139. The van der Waals surface area contributed by atoms with Crippen molar-refractivity contribution in [2.24, 2.45) is 0 Å². The van der Waals surface area contributed by atoms with Crippen molar-refractivity contribution in [3.8, 4) is 33.0 Å². The van der Waals surface area contributed by atoms with E-state index in [0.29, 0.717) is 5.92 Å². The molecule has 6 aromatic rings. The van der Waals surface area contributed by atoms with E-state index in [1.54, 1.807) is 11.3 Å². The zero-order valence-corrected chi connectivity index (χ0v) is 27.1. The van der Waals surface area contributed by atoms with Gasteiger partial charge in [-0.2, -0.15) is 0 Å². The second-order valence-electron chi connectivity index (χ2n) is 10.2. The molecule has 4 aromatic carbocycles. The minimum Gasteiger partial charge on any atom is -0.512 e. The number of carbonyl (C=O) groups is 1. The molecule has 6 rings (SSSR count). The van der Waals surface area contributed by atoms with Crippen LogP contribution in [0.2, 0.25) is 0 Å². The van der Waals surface area contributed by atoms with Crippen molar-refractivity contribution in [1.82, 2.24) is 9.97 Å². The Hall–Kier alpha value is -3.96. The molecule has 42 heavy (non-hydrogen) atoms. The van der Waals surface area contributed by atoms with Gasteiger partial charge < -0.3 is 10.1 Å². The molecule has 213 valence electrons. The van der Waals surface area contributed by atoms with Gasteiger partial charge in [0.25, 0.3) is 0 Å². The molecule has 0 atom stereocenters. The predicted molar refractivity (Wildman–Crippen MR) is 171 cm³/mol. The Balaban J connectivity index is 0.000000454. The Labute approximate surface area is 264 Å². The average Bonchev–Trinajstić information content (AvgIpc) is 3.41. The summed E-state index contributed by atoms with van der Waals surface area (Å²) in [7, 11) is 0. The van der Waals surface area contributed by atoms with Crippen molar-refractivity contribution in [2.45, 2.75) is 33.6 Å². The van der Waals surface area contributed by atoms with Gasteiger partial charge in [0.05, 0.1) is 5.76 Å². The molecule has 1 N–H and O–H groups in total. The van der Waals surface area contributed by atoms with Crippen LogP contribution in [0.4, 0.5) is 0 Å². The number of nitrogens with zero attached hydrogens (tertiary/aromatic N) is 2. The van der Waals surface area contributed by atoms with Gasteiger partial charge in [-0.15, -0.1) is 29.0 Å². The van der Waals surface area contributed by atoms with E-state index in [1.807, 2.05) is 18.3 Å². The van der Waals surface area contributed by atoms with Crippen LogP contribution in [0.3, 0.4) is 0 Å². The molecule has 4 nitrogen and oxygen atoms in total. The Morgan fingerprint density at radius 2 is 1.57 bits per heavy atom. The third kappa shape index (κ3) is 7.08. The van der Waals surface area contributed by atoms with Gasteiger partial charge in [-0.1, -0.05) is 98.3 Å². The number of thiazole rings is 1. The number of allylic oxidation sites excluding steroid dienone is 2. The second-order valence-corrected chi connectivity index (χ2v) is 11.2.